The van der Waals surface area contributed by atoms with E-state index in [2.05, 4.69) is 10.3 Å². The lowest BCUT2D eigenvalue weighted by molar-refractivity contribution is -0.155. The molecule has 1 amide bonds. The van der Waals surface area contributed by atoms with E-state index in [1.54, 1.807) is 43.5 Å². The number of nitrogens with one attached hydrogen (secondary N) is 1. The van der Waals surface area contributed by atoms with Gasteiger partial charge >= 0.3 is 5.97 Å². The lowest BCUT2D eigenvalue weighted by Gasteiger charge is -2.13. The van der Waals surface area contributed by atoms with Crippen molar-refractivity contribution in [1.29, 1.82) is 0 Å². The zero-order valence-electron chi connectivity index (χ0n) is 13.7. The van der Waals surface area contributed by atoms with Crippen LogP contribution in [-0.4, -0.2) is 36.7 Å². The van der Waals surface area contributed by atoms with Crippen LogP contribution in [0.15, 0.2) is 42.6 Å². The molecule has 0 radical (unpaired) electrons. The minimum atomic E-state index is -0.996. The van der Waals surface area contributed by atoms with Crippen LogP contribution in [0.1, 0.15) is 6.92 Å². The fraction of sp³-hybridized carbons (Fsp3) is 0.235. The van der Waals surface area contributed by atoms with Gasteiger partial charge in [0.05, 0.1) is 12.1 Å². The third-order valence-electron chi connectivity index (χ3n) is 3.07. The van der Waals surface area contributed by atoms with Crippen LogP contribution in [0.2, 0.25) is 5.02 Å². The first-order valence-corrected chi connectivity index (χ1v) is 7.74. The van der Waals surface area contributed by atoms with Crippen LogP contribution in [0, 0.1) is 0 Å². The summed E-state index contributed by atoms with van der Waals surface area (Å²) < 4.78 is 15.3. The summed E-state index contributed by atoms with van der Waals surface area (Å²) >= 11 is 5.72. The van der Waals surface area contributed by atoms with E-state index < -0.39 is 18.0 Å². The Bertz CT molecular complexity index is 719. The molecule has 2 rings (SSSR count). The molecule has 0 aliphatic carbocycles. The highest BCUT2D eigenvalue weighted by Gasteiger charge is 2.18. The van der Waals surface area contributed by atoms with Gasteiger partial charge < -0.3 is 19.5 Å². The molecule has 1 aromatic carbocycles. The first-order chi connectivity index (χ1) is 12.0. The molecule has 1 heterocycles. The van der Waals surface area contributed by atoms with Gasteiger partial charge in [0.1, 0.15) is 17.3 Å². The van der Waals surface area contributed by atoms with Crippen molar-refractivity contribution in [2.24, 2.45) is 0 Å². The van der Waals surface area contributed by atoms with Crippen molar-refractivity contribution in [2.45, 2.75) is 13.0 Å². The Morgan fingerprint density at radius 3 is 2.44 bits per heavy atom. The number of nitrogens with zero attached hydrogens (tertiary/aromatic N) is 1. The standard InChI is InChI=1S/C17H17ClN2O5/c1-11(17(22)20-15-8-3-12(18)9-19-15)25-16(21)10-24-14-6-4-13(23-2)5-7-14/h3-9,11H,10H2,1-2H3,(H,19,20,22). The quantitative estimate of drug-likeness (QED) is 0.760. The predicted octanol–water partition coefficient (Wildman–Crippen LogP) is 2.69. The summed E-state index contributed by atoms with van der Waals surface area (Å²) in [7, 11) is 1.55. The van der Waals surface area contributed by atoms with Crippen molar-refractivity contribution in [3.05, 3.63) is 47.6 Å². The van der Waals surface area contributed by atoms with Crippen LogP contribution >= 0.6 is 11.6 Å². The average molecular weight is 365 g/mol. The van der Waals surface area contributed by atoms with Gasteiger partial charge in [-0.15, -0.1) is 0 Å². The van der Waals surface area contributed by atoms with Crippen LogP contribution in [0.4, 0.5) is 5.82 Å². The number of hydrogen-bond acceptors (Lipinski definition) is 6. The van der Waals surface area contributed by atoms with E-state index in [0.717, 1.165) is 0 Å². The van der Waals surface area contributed by atoms with E-state index in [1.165, 1.54) is 13.1 Å². The Kier molecular flexibility index (Phi) is 6.59. The molecule has 0 fully saturated rings. The van der Waals surface area contributed by atoms with E-state index in [0.29, 0.717) is 22.3 Å². The lowest BCUT2D eigenvalue weighted by Crippen LogP contribution is -2.31. The second kappa shape index (κ2) is 8.89. The molecule has 25 heavy (non-hydrogen) atoms. The molecule has 0 aliphatic heterocycles. The highest BCUT2D eigenvalue weighted by molar-refractivity contribution is 6.30. The van der Waals surface area contributed by atoms with Gasteiger partial charge in [-0.25, -0.2) is 9.78 Å². The van der Waals surface area contributed by atoms with E-state index >= 15 is 0 Å². The zero-order valence-corrected chi connectivity index (χ0v) is 14.4. The summed E-state index contributed by atoms with van der Waals surface area (Å²) in [5.41, 5.74) is 0. The molecule has 8 heteroatoms. The predicted molar refractivity (Wildman–Crippen MR) is 91.9 cm³/mol. The number of pyridine rings is 1. The third-order valence-corrected chi connectivity index (χ3v) is 3.30. The number of carbonyl (C=O) groups is 2. The second-order valence-electron chi connectivity index (χ2n) is 4.95. The first kappa shape index (κ1) is 18.5. The number of halogens is 1. The number of benzene rings is 1. The van der Waals surface area contributed by atoms with Crippen LogP contribution in [0.5, 0.6) is 11.5 Å². The van der Waals surface area contributed by atoms with Gasteiger partial charge in [0.25, 0.3) is 5.91 Å². The molecule has 0 saturated carbocycles. The number of amides is 1. The Morgan fingerprint density at radius 1 is 1.16 bits per heavy atom. The van der Waals surface area contributed by atoms with Gasteiger partial charge in [0.15, 0.2) is 12.7 Å². The monoisotopic (exact) mass is 364 g/mol. The van der Waals surface area contributed by atoms with Crippen LogP contribution in [0.25, 0.3) is 0 Å². The number of methoxy groups -OCH3 is 1. The maximum Gasteiger partial charge on any atom is 0.344 e. The smallest absolute Gasteiger partial charge is 0.344 e. The van der Waals surface area contributed by atoms with E-state index in [-0.39, 0.29) is 6.61 Å². The fourth-order valence-corrected chi connectivity index (χ4v) is 1.89. The highest BCUT2D eigenvalue weighted by atomic mass is 35.5. The number of hydrogen-bond donors (Lipinski definition) is 1. The topological polar surface area (TPSA) is 86.8 Å². The van der Waals surface area contributed by atoms with Crippen molar-refractivity contribution < 1.29 is 23.8 Å². The molecule has 0 spiro atoms. The van der Waals surface area contributed by atoms with Crippen molar-refractivity contribution >= 4 is 29.3 Å². The van der Waals surface area contributed by atoms with Crippen molar-refractivity contribution in [1.82, 2.24) is 4.98 Å². The summed E-state index contributed by atoms with van der Waals surface area (Å²) in [5, 5.41) is 2.97. The Balaban J connectivity index is 1.78. The number of anilines is 1. The number of ether oxygens (including phenoxy) is 3. The summed E-state index contributed by atoms with van der Waals surface area (Å²) in [4.78, 5) is 27.7. The minimum Gasteiger partial charge on any atom is -0.497 e. The minimum absolute atomic E-state index is 0.312. The van der Waals surface area contributed by atoms with Gasteiger partial charge in [-0.1, -0.05) is 11.6 Å². The third kappa shape index (κ3) is 5.96. The summed E-state index contributed by atoms with van der Waals surface area (Å²) in [6.45, 7) is 1.14. The largest absolute Gasteiger partial charge is 0.497 e. The molecule has 0 aliphatic rings. The van der Waals surface area contributed by atoms with E-state index in [9.17, 15) is 9.59 Å². The van der Waals surface area contributed by atoms with Gasteiger partial charge in [-0.2, -0.15) is 0 Å². The SMILES string of the molecule is COc1ccc(OCC(=O)OC(C)C(=O)Nc2ccc(Cl)cn2)cc1. The van der Waals surface area contributed by atoms with Gasteiger partial charge in [0, 0.05) is 6.20 Å². The molecular formula is C17H17ClN2O5. The molecular weight excluding hydrogens is 348 g/mol. The molecule has 7 nitrogen and oxygen atoms in total. The summed E-state index contributed by atoms with van der Waals surface area (Å²) in [6.07, 6.45) is 0.403. The molecule has 132 valence electrons. The molecule has 1 N–H and O–H groups in total. The normalized spacial score (nSPS) is 11.3. The summed E-state index contributed by atoms with van der Waals surface area (Å²) in [5.74, 6) is 0.304. The van der Waals surface area contributed by atoms with Crippen LogP contribution < -0.4 is 14.8 Å². The maximum absolute atomic E-state index is 12.0. The molecule has 0 bridgehead atoms. The molecule has 1 unspecified atom stereocenters. The molecule has 0 saturated heterocycles. The second-order valence-corrected chi connectivity index (χ2v) is 5.38. The number of rotatable bonds is 7. The van der Waals surface area contributed by atoms with Gasteiger partial charge in [-0.05, 0) is 43.3 Å². The van der Waals surface area contributed by atoms with Crippen LogP contribution in [0.3, 0.4) is 0 Å². The molecule has 1 aromatic heterocycles. The van der Waals surface area contributed by atoms with E-state index in [4.69, 9.17) is 25.8 Å². The van der Waals surface area contributed by atoms with Gasteiger partial charge in [-0.3, -0.25) is 4.79 Å². The number of esters is 1. The zero-order chi connectivity index (χ0) is 18.2. The fourth-order valence-electron chi connectivity index (χ4n) is 1.78. The number of carbonyl (C=O) groups excluding carboxylic acids is 2. The van der Waals surface area contributed by atoms with Crippen molar-refractivity contribution in [2.75, 3.05) is 19.0 Å². The van der Waals surface area contributed by atoms with Crippen LogP contribution in [-0.2, 0) is 14.3 Å². The first-order valence-electron chi connectivity index (χ1n) is 7.36. The Morgan fingerprint density at radius 2 is 1.84 bits per heavy atom. The van der Waals surface area contributed by atoms with Crippen molar-refractivity contribution in [3.8, 4) is 11.5 Å². The number of aromatic nitrogens is 1. The van der Waals surface area contributed by atoms with E-state index in [1.807, 2.05) is 0 Å². The van der Waals surface area contributed by atoms with Gasteiger partial charge in [0.2, 0.25) is 0 Å². The Labute approximate surface area is 149 Å². The average Bonchev–Trinajstić information content (AvgIpc) is 2.62. The summed E-state index contributed by atoms with van der Waals surface area (Å²) in [6, 6.07) is 9.86. The molecule has 2 aromatic rings. The Hall–Kier alpha value is -2.80. The highest BCUT2D eigenvalue weighted by Crippen LogP contribution is 2.17. The molecule has 1 atom stereocenters. The van der Waals surface area contributed by atoms with Crippen molar-refractivity contribution in [3.63, 3.8) is 0 Å². The maximum atomic E-state index is 12.0. The lowest BCUT2D eigenvalue weighted by atomic mass is 10.3.